The molecule has 1 aliphatic heterocycles. The van der Waals surface area contributed by atoms with Crippen LogP contribution in [0.3, 0.4) is 0 Å². The highest BCUT2D eigenvalue weighted by atomic mass is 14.8. The number of rotatable bonds is 0. The Bertz CT molecular complexity index is 546. The molecule has 1 aliphatic carbocycles. The summed E-state index contributed by atoms with van der Waals surface area (Å²) in [6, 6.07) is 8.58. The Labute approximate surface area is 121 Å². The highest BCUT2D eigenvalue weighted by Gasteiger charge is 2.08. The quantitative estimate of drug-likeness (QED) is 0.697. The molecular formula is C18H22N2. The lowest BCUT2D eigenvalue weighted by Crippen LogP contribution is -1.97. The summed E-state index contributed by atoms with van der Waals surface area (Å²) < 4.78 is 0. The van der Waals surface area contributed by atoms with Crippen LogP contribution in [0.25, 0.3) is 11.4 Å². The predicted octanol–water partition coefficient (Wildman–Crippen LogP) is 4.58. The molecule has 0 atom stereocenters. The Morgan fingerprint density at radius 1 is 0.750 bits per heavy atom. The number of aryl methyl sites for hydroxylation is 2. The lowest BCUT2D eigenvalue weighted by molar-refractivity contribution is 0.593. The average molecular weight is 266 g/mol. The molecule has 0 fully saturated rings. The number of aromatic nitrogens is 2. The van der Waals surface area contributed by atoms with Gasteiger partial charge in [0.05, 0.1) is 11.4 Å². The minimum absolute atomic E-state index is 1.02. The van der Waals surface area contributed by atoms with Crippen molar-refractivity contribution in [1.82, 2.24) is 9.97 Å². The molecule has 0 N–H and O–H groups in total. The van der Waals surface area contributed by atoms with Crippen molar-refractivity contribution in [1.29, 1.82) is 0 Å². The van der Waals surface area contributed by atoms with E-state index in [1.807, 2.05) is 18.5 Å². The van der Waals surface area contributed by atoms with E-state index in [4.69, 9.17) is 0 Å². The Balaban J connectivity index is 1.92. The fourth-order valence-electron chi connectivity index (χ4n) is 2.94. The van der Waals surface area contributed by atoms with E-state index < -0.39 is 0 Å². The van der Waals surface area contributed by atoms with Crippen LogP contribution in [0, 0.1) is 0 Å². The molecule has 0 aromatic carbocycles. The van der Waals surface area contributed by atoms with Crippen LogP contribution in [0.5, 0.6) is 0 Å². The molecule has 2 aromatic rings. The van der Waals surface area contributed by atoms with Crippen molar-refractivity contribution >= 4 is 0 Å². The van der Waals surface area contributed by atoms with Gasteiger partial charge < -0.3 is 0 Å². The molecule has 4 rings (SSSR count). The molecular weight excluding hydrogens is 244 g/mol. The first-order valence-electron chi connectivity index (χ1n) is 7.83. The molecule has 0 saturated carbocycles. The van der Waals surface area contributed by atoms with Gasteiger partial charge in [0.2, 0.25) is 0 Å². The van der Waals surface area contributed by atoms with Gasteiger partial charge in [0.25, 0.3) is 0 Å². The van der Waals surface area contributed by atoms with E-state index >= 15 is 0 Å². The van der Waals surface area contributed by atoms with Crippen LogP contribution in [-0.4, -0.2) is 9.97 Å². The van der Waals surface area contributed by atoms with E-state index in [0.717, 1.165) is 24.2 Å². The van der Waals surface area contributed by atoms with Gasteiger partial charge in [-0.25, -0.2) is 0 Å². The normalized spacial score (nSPS) is 16.4. The van der Waals surface area contributed by atoms with Gasteiger partial charge in [-0.2, -0.15) is 0 Å². The number of hydrogen-bond donors (Lipinski definition) is 0. The Kier molecular flexibility index (Phi) is 4.42. The first kappa shape index (κ1) is 13.3. The molecule has 2 aliphatic rings. The van der Waals surface area contributed by atoms with Crippen molar-refractivity contribution in [3.63, 3.8) is 0 Å². The number of hydrogen-bond acceptors (Lipinski definition) is 2. The first-order valence-corrected chi connectivity index (χ1v) is 7.83. The molecule has 0 radical (unpaired) electrons. The van der Waals surface area contributed by atoms with Crippen LogP contribution < -0.4 is 0 Å². The van der Waals surface area contributed by atoms with E-state index in [2.05, 4.69) is 28.2 Å². The summed E-state index contributed by atoms with van der Waals surface area (Å²) in [5.74, 6) is 0. The summed E-state index contributed by atoms with van der Waals surface area (Å²) in [6.07, 6.45) is 14.1. The third-order valence-electron chi connectivity index (χ3n) is 4.12. The van der Waals surface area contributed by atoms with E-state index in [1.165, 1.54) is 49.7 Å². The van der Waals surface area contributed by atoms with Gasteiger partial charge in [-0.05, 0) is 48.9 Å². The fourth-order valence-corrected chi connectivity index (χ4v) is 2.94. The van der Waals surface area contributed by atoms with E-state index in [0.29, 0.717) is 0 Å². The maximum Gasteiger partial charge on any atom is 0.0918 e. The van der Waals surface area contributed by atoms with Gasteiger partial charge in [-0.3, -0.25) is 9.97 Å². The van der Waals surface area contributed by atoms with Crippen molar-refractivity contribution in [2.24, 2.45) is 0 Å². The molecule has 2 heteroatoms. The minimum Gasteiger partial charge on any atom is -0.254 e. The largest absolute Gasteiger partial charge is 0.254 e. The predicted molar refractivity (Wildman–Crippen MR) is 82.6 cm³/mol. The summed E-state index contributed by atoms with van der Waals surface area (Å²) in [5.41, 5.74) is 4.77. The standard InChI is InChI=1S/C18H22N2/c1-2-4-6-9-16-10-7-13-19-18(16)17-12-11-15(14-20-17)8-5-3-1/h7,10-14H,1-6,8-9H2. The van der Waals surface area contributed by atoms with Gasteiger partial charge in [-0.15, -0.1) is 0 Å². The smallest absolute Gasteiger partial charge is 0.0918 e. The molecule has 0 spiro atoms. The van der Waals surface area contributed by atoms with Crippen molar-refractivity contribution in [2.75, 3.05) is 0 Å². The molecule has 0 amide bonds. The molecule has 2 aromatic heterocycles. The van der Waals surface area contributed by atoms with E-state index in [9.17, 15) is 0 Å². The maximum absolute atomic E-state index is 4.63. The summed E-state index contributed by atoms with van der Waals surface area (Å²) in [7, 11) is 0. The van der Waals surface area contributed by atoms with Crippen molar-refractivity contribution in [2.45, 2.75) is 51.4 Å². The van der Waals surface area contributed by atoms with E-state index in [1.54, 1.807) is 0 Å². The molecule has 104 valence electrons. The lowest BCUT2D eigenvalue weighted by atomic mass is 10.00. The maximum atomic E-state index is 4.63. The second-order valence-corrected chi connectivity index (χ2v) is 5.68. The van der Waals surface area contributed by atoms with Crippen LogP contribution in [0.4, 0.5) is 0 Å². The number of fused-ring (bicyclic) bond motifs is 9. The topological polar surface area (TPSA) is 25.8 Å². The molecule has 0 unspecified atom stereocenters. The third-order valence-corrected chi connectivity index (χ3v) is 4.12. The molecule has 2 bridgehead atoms. The number of nitrogens with zero attached hydrogens (tertiary/aromatic N) is 2. The average Bonchev–Trinajstić information content (AvgIpc) is 2.51. The summed E-state index contributed by atoms with van der Waals surface area (Å²) in [6.45, 7) is 0. The Morgan fingerprint density at radius 3 is 2.35 bits per heavy atom. The highest BCUT2D eigenvalue weighted by Crippen LogP contribution is 2.22. The second kappa shape index (κ2) is 6.65. The van der Waals surface area contributed by atoms with Gasteiger partial charge in [0.1, 0.15) is 0 Å². The second-order valence-electron chi connectivity index (χ2n) is 5.68. The van der Waals surface area contributed by atoms with Gasteiger partial charge in [-0.1, -0.05) is 37.8 Å². The zero-order valence-corrected chi connectivity index (χ0v) is 12.0. The molecule has 2 nitrogen and oxygen atoms in total. The SMILES string of the molecule is c1cnc2c(c1)CCCCCCCCc1ccc-2nc1. The van der Waals surface area contributed by atoms with Gasteiger partial charge in [0, 0.05) is 12.4 Å². The zero-order chi connectivity index (χ0) is 13.6. The highest BCUT2D eigenvalue weighted by molar-refractivity contribution is 5.58. The fraction of sp³-hybridized carbons (Fsp3) is 0.444. The van der Waals surface area contributed by atoms with Crippen molar-refractivity contribution < 1.29 is 0 Å². The van der Waals surface area contributed by atoms with E-state index in [-0.39, 0.29) is 0 Å². The Hall–Kier alpha value is -1.70. The number of pyridine rings is 2. The van der Waals surface area contributed by atoms with Crippen molar-refractivity contribution in [3.05, 3.63) is 47.8 Å². The summed E-state index contributed by atoms with van der Waals surface area (Å²) >= 11 is 0. The summed E-state index contributed by atoms with van der Waals surface area (Å²) in [4.78, 5) is 9.18. The lowest BCUT2D eigenvalue weighted by Gasteiger charge is -2.10. The molecule has 3 heterocycles. The zero-order valence-electron chi connectivity index (χ0n) is 12.0. The summed E-state index contributed by atoms with van der Waals surface area (Å²) in [5, 5.41) is 0. The first-order chi connectivity index (χ1) is 9.93. The molecule has 20 heavy (non-hydrogen) atoms. The minimum atomic E-state index is 1.02. The van der Waals surface area contributed by atoms with Gasteiger partial charge in [0.15, 0.2) is 0 Å². The van der Waals surface area contributed by atoms with Crippen LogP contribution in [0.2, 0.25) is 0 Å². The van der Waals surface area contributed by atoms with Crippen LogP contribution in [0.1, 0.15) is 49.7 Å². The third kappa shape index (κ3) is 3.24. The van der Waals surface area contributed by atoms with Crippen LogP contribution >= 0.6 is 0 Å². The Morgan fingerprint density at radius 2 is 1.55 bits per heavy atom. The van der Waals surface area contributed by atoms with Gasteiger partial charge >= 0.3 is 0 Å². The van der Waals surface area contributed by atoms with Crippen molar-refractivity contribution in [3.8, 4) is 11.4 Å². The monoisotopic (exact) mass is 266 g/mol. The molecule has 0 saturated heterocycles. The van der Waals surface area contributed by atoms with Crippen LogP contribution in [0.15, 0.2) is 36.7 Å². The van der Waals surface area contributed by atoms with Crippen LogP contribution in [-0.2, 0) is 12.8 Å².